The Hall–Kier alpha value is -2.81. The molecule has 1 aromatic heterocycles. The highest BCUT2D eigenvalue weighted by Gasteiger charge is 2.28. The third-order valence-corrected chi connectivity index (χ3v) is 7.45. The second-order valence-electron chi connectivity index (χ2n) is 11.4. The van der Waals surface area contributed by atoms with Crippen LogP contribution in [0.15, 0.2) is 36.2 Å². The smallest absolute Gasteiger partial charge is 0.303 e. The molecule has 0 saturated carbocycles. The number of nitrogens with one attached hydrogen (secondary N) is 1. The van der Waals surface area contributed by atoms with E-state index in [1.54, 1.807) is 4.57 Å². The maximum Gasteiger partial charge on any atom is 0.303 e. The van der Waals surface area contributed by atoms with Gasteiger partial charge in [-0.25, -0.2) is 0 Å². The second-order valence-corrected chi connectivity index (χ2v) is 11.4. The Kier molecular flexibility index (Phi) is 12.7. The SMILES string of the molecule is Br.CCC(=CCn1ccn(CC(=O)c2cc(N3CCCC3)c(OCCCCC(=O)O)c(C(C)(C)C)c2)c1=N)CC. The number of halogens is 1. The number of anilines is 1. The number of ether oxygens (including phenoxy) is 1. The van der Waals surface area contributed by atoms with Crippen LogP contribution in [0.25, 0.3) is 0 Å². The van der Waals surface area contributed by atoms with E-state index in [1.807, 2.05) is 29.1 Å². The lowest BCUT2D eigenvalue weighted by Crippen LogP contribution is -2.27. The third-order valence-electron chi connectivity index (χ3n) is 7.45. The number of unbranched alkanes of at least 4 members (excludes halogenated alkanes) is 1. The monoisotopic (exact) mass is 618 g/mol. The topological polar surface area (TPSA) is 101 Å². The van der Waals surface area contributed by atoms with Gasteiger partial charge in [-0.2, -0.15) is 0 Å². The van der Waals surface area contributed by atoms with Gasteiger partial charge in [0.05, 0.1) is 18.8 Å². The molecule has 3 rings (SSSR count). The first-order valence-corrected chi connectivity index (χ1v) is 14.3. The standard InChI is InChI=1S/C31H46N4O4.BrH/c1-6-23(7-2)13-16-34-17-18-35(30(34)32)22-27(36)24-20-25(31(3,4)5)29(39-19-11-8-12-28(37)38)26(21-24)33-14-9-10-15-33;/h13,17-18,20-21,32H,6-12,14-16,19,22H2,1-5H3,(H,37,38);1H. The van der Waals surface area contributed by atoms with Gasteiger partial charge < -0.3 is 23.9 Å². The predicted octanol–water partition coefficient (Wildman–Crippen LogP) is 6.51. The van der Waals surface area contributed by atoms with E-state index >= 15 is 0 Å². The van der Waals surface area contributed by atoms with Gasteiger partial charge in [-0.1, -0.05) is 46.3 Å². The molecular formula is C31H47BrN4O4. The summed E-state index contributed by atoms with van der Waals surface area (Å²) in [5.41, 5.74) is 3.94. The number of aromatic nitrogens is 2. The lowest BCUT2D eigenvalue weighted by atomic mass is 9.84. The molecule has 2 N–H and O–H groups in total. The van der Waals surface area contributed by atoms with Crippen LogP contribution in [0, 0.1) is 5.41 Å². The molecule has 0 bridgehead atoms. The molecule has 0 radical (unpaired) electrons. The third kappa shape index (κ3) is 8.85. The maximum absolute atomic E-state index is 13.6. The molecule has 1 aliphatic rings. The van der Waals surface area contributed by atoms with Gasteiger partial charge in [0.25, 0.3) is 0 Å². The van der Waals surface area contributed by atoms with Crippen molar-refractivity contribution in [3.05, 3.63) is 52.9 Å². The van der Waals surface area contributed by atoms with E-state index in [2.05, 4.69) is 45.6 Å². The number of aliphatic carboxylic acids is 1. The summed E-state index contributed by atoms with van der Waals surface area (Å²) in [7, 11) is 0. The number of allylic oxidation sites excluding steroid dienone is 2. The van der Waals surface area contributed by atoms with Crippen molar-refractivity contribution in [3.63, 3.8) is 0 Å². The van der Waals surface area contributed by atoms with Gasteiger partial charge in [-0.3, -0.25) is 15.0 Å². The number of rotatable bonds is 14. The van der Waals surface area contributed by atoms with Crippen molar-refractivity contribution in [1.82, 2.24) is 9.13 Å². The Labute approximate surface area is 249 Å². The number of carbonyl (C=O) groups excluding carboxylic acids is 1. The molecule has 0 amide bonds. The predicted molar refractivity (Wildman–Crippen MR) is 165 cm³/mol. The second kappa shape index (κ2) is 15.3. The summed E-state index contributed by atoms with van der Waals surface area (Å²) in [5, 5.41) is 17.6. The number of carboxylic acids is 1. The van der Waals surface area contributed by atoms with Crippen molar-refractivity contribution < 1.29 is 19.4 Å². The van der Waals surface area contributed by atoms with Crippen LogP contribution in [0.2, 0.25) is 0 Å². The van der Waals surface area contributed by atoms with E-state index in [4.69, 9.17) is 15.3 Å². The molecule has 2 heterocycles. The fourth-order valence-corrected chi connectivity index (χ4v) is 4.98. The maximum atomic E-state index is 13.6. The first-order valence-electron chi connectivity index (χ1n) is 14.3. The summed E-state index contributed by atoms with van der Waals surface area (Å²) in [6.45, 7) is 13.6. The first-order chi connectivity index (χ1) is 18.5. The molecule has 0 atom stereocenters. The van der Waals surface area contributed by atoms with Gasteiger partial charge in [0.1, 0.15) is 5.75 Å². The lowest BCUT2D eigenvalue weighted by molar-refractivity contribution is -0.137. The summed E-state index contributed by atoms with van der Waals surface area (Å²) in [4.78, 5) is 26.8. The van der Waals surface area contributed by atoms with Crippen LogP contribution in [-0.4, -0.2) is 45.7 Å². The molecule has 1 saturated heterocycles. The van der Waals surface area contributed by atoms with E-state index in [9.17, 15) is 9.59 Å². The quantitative estimate of drug-likeness (QED) is 0.143. The van der Waals surface area contributed by atoms with Crippen molar-refractivity contribution in [2.24, 2.45) is 0 Å². The number of carbonyl (C=O) groups is 2. The average Bonchev–Trinajstić information content (AvgIpc) is 3.54. The minimum absolute atomic E-state index is 0. The van der Waals surface area contributed by atoms with Gasteiger partial charge in [0.15, 0.2) is 5.78 Å². The van der Waals surface area contributed by atoms with Gasteiger partial charge >= 0.3 is 5.97 Å². The number of hydrogen-bond acceptors (Lipinski definition) is 5. The van der Waals surface area contributed by atoms with Crippen molar-refractivity contribution in [3.8, 4) is 5.75 Å². The van der Waals surface area contributed by atoms with Crippen LogP contribution >= 0.6 is 17.0 Å². The molecule has 1 fully saturated rings. The summed E-state index contributed by atoms with van der Waals surface area (Å²) < 4.78 is 9.90. The number of imidazole rings is 1. The lowest BCUT2D eigenvalue weighted by Gasteiger charge is -2.29. The van der Waals surface area contributed by atoms with E-state index < -0.39 is 5.97 Å². The molecule has 0 unspecified atom stereocenters. The molecule has 40 heavy (non-hydrogen) atoms. The Bertz CT molecular complexity index is 1230. The number of hydrogen-bond donors (Lipinski definition) is 2. The van der Waals surface area contributed by atoms with Gasteiger partial charge in [-0.05, 0) is 56.1 Å². The van der Waals surface area contributed by atoms with E-state index in [-0.39, 0.29) is 41.1 Å². The molecule has 1 aliphatic heterocycles. The largest absolute Gasteiger partial charge is 0.491 e. The number of ketones is 1. The minimum Gasteiger partial charge on any atom is -0.491 e. The molecule has 0 aliphatic carbocycles. The van der Waals surface area contributed by atoms with Crippen molar-refractivity contribution in [2.75, 3.05) is 24.6 Å². The van der Waals surface area contributed by atoms with Crippen LogP contribution in [0.5, 0.6) is 5.75 Å². The van der Waals surface area contributed by atoms with E-state index in [0.29, 0.717) is 37.2 Å². The van der Waals surface area contributed by atoms with E-state index in [1.165, 1.54) is 5.57 Å². The van der Waals surface area contributed by atoms with Crippen LogP contribution in [0.1, 0.15) is 95.5 Å². The Morgan fingerprint density at radius 2 is 1.70 bits per heavy atom. The zero-order chi connectivity index (χ0) is 28.6. The highest BCUT2D eigenvalue weighted by atomic mass is 79.9. The summed E-state index contributed by atoms with van der Waals surface area (Å²) in [6, 6.07) is 3.90. The molecule has 2 aromatic rings. The highest BCUT2D eigenvalue weighted by Crippen LogP contribution is 2.41. The van der Waals surface area contributed by atoms with Gasteiger partial charge in [0, 0.05) is 49.6 Å². The van der Waals surface area contributed by atoms with Gasteiger partial charge in [-0.15, -0.1) is 17.0 Å². The Morgan fingerprint density at radius 3 is 2.30 bits per heavy atom. The number of nitrogens with zero attached hydrogens (tertiary/aromatic N) is 3. The summed E-state index contributed by atoms with van der Waals surface area (Å²) in [5.74, 6) is -0.0348. The number of carboxylic acid groups (broad SMARTS) is 1. The Morgan fingerprint density at radius 1 is 1.05 bits per heavy atom. The van der Waals surface area contributed by atoms with Gasteiger partial charge in [0.2, 0.25) is 5.62 Å². The molecule has 9 heteroatoms. The van der Waals surface area contributed by atoms with Crippen LogP contribution in [-0.2, 0) is 23.3 Å². The number of Topliss-reactive ketones (excluding diaryl/α,β-unsaturated/α-hetero) is 1. The first kappa shape index (κ1) is 33.4. The zero-order valence-corrected chi connectivity index (χ0v) is 26.5. The molecule has 0 spiro atoms. The fourth-order valence-electron chi connectivity index (χ4n) is 4.98. The minimum atomic E-state index is -0.793. The average molecular weight is 620 g/mol. The molecule has 8 nitrogen and oxygen atoms in total. The summed E-state index contributed by atoms with van der Waals surface area (Å²) in [6.07, 6.45) is 11.4. The highest BCUT2D eigenvalue weighted by molar-refractivity contribution is 8.93. The fraction of sp³-hybridized carbons (Fsp3) is 0.581. The van der Waals surface area contributed by atoms with Crippen LogP contribution in [0.4, 0.5) is 5.69 Å². The Balaban J connectivity index is 0.00000560. The zero-order valence-electron chi connectivity index (χ0n) is 24.8. The van der Waals surface area contributed by atoms with Crippen LogP contribution < -0.4 is 15.3 Å². The molecular weight excluding hydrogens is 572 g/mol. The van der Waals surface area contributed by atoms with Crippen LogP contribution in [0.3, 0.4) is 0 Å². The van der Waals surface area contributed by atoms with Crippen molar-refractivity contribution in [2.45, 2.75) is 98.1 Å². The summed E-state index contributed by atoms with van der Waals surface area (Å²) >= 11 is 0. The van der Waals surface area contributed by atoms with E-state index in [0.717, 1.165) is 55.8 Å². The normalized spacial score (nSPS) is 13.2. The van der Waals surface area contributed by atoms with Crippen molar-refractivity contribution >= 4 is 34.4 Å². The molecule has 1 aromatic carbocycles. The van der Waals surface area contributed by atoms with Crippen molar-refractivity contribution in [1.29, 1.82) is 5.41 Å². The number of benzene rings is 1. The molecule has 222 valence electrons.